The number of carbonyl (C=O) groups is 1. The van der Waals surface area contributed by atoms with Crippen LogP contribution in [0, 0.1) is 0 Å². The number of hydrogen-bond donors (Lipinski definition) is 1. The fourth-order valence-corrected chi connectivity index (χ4v) is 3.05. The summed E-state index contributed by atoms with van der Waals surface area (Å²) in [5, 5.41) is 23.5. The molecule has 0 spiro atoms. The average molecular weight is 346 g/mol. The third-order valence-electron chi connectivity index (χ3n) is 4.76. The minimum atomic E-state index is -1.15. The first-order chi connectivity index (χ1) is 11.7. The lowest BCUT2D eigenvalue weighted by atomic mass is 10.00. The van der Waals surface area contributed by atoms with E-state index >= 15 is 0 Å². The van der Waals surface area contributed by atoms with Crippen LogP contribution in [0.4, 0.5) is 0 Å². The van der Waals surface area contributed by atoms with Gasteiger partial charge in [0.15, 0.2) is 0 Å². The zero-order valence-electron chi connectivity index (χ0n) is 15.5. The first kappa shape index (κ1) is 17.6. The van der Waals surface area contributed by atoms with Crippen LogP contribution in [-0.4, -0.2) is 53.8 Å². The number of amides is 1. The minimum absolute atomic E-state index is 0.117. The lowest BCUT2D eigenvalue weighted by Crippen LogP contribution is -2.35. The second kappa shape index (κ2) is 6.25. The van der Waals surface area contributed by atoms with E-state index in [4.69, 9.17) is 0 Å². The monoisotopic (exact) mass is 346 g/mol. The van der Waals surface area contributed by atoms with Crippen molar-refractivity contribution in [2.75, 3.05) is 13.1 Å². The van der Waals surface area contributed by atoms with Crippen molar-refractivity contribution in [1.82, 2.24) is 29.7 Å². The van der Waals surface area contributed by atoms with Gasteiger partial charge in [0.05, 0.1) is 18.4 Å². The first-order valence-electron chi connectivity index (χ1n) is 8.69. The van der Waals surface area contributed by atoms with Gasteiger partial charge in [0.25, 0.3) is 5.91 Å². The van der Waals surface area contributed by atoms with Crippen LogP contribution in [0.25, 0.3) is 0 Å². The molecule has 8 heteroatoms. The highest BCUT2D eigenvalue weighted by Gasteiger charge is 2.42. The minimum Gasteiger partial charge on any atom is -0.381 e. The predicted molar refractivity (Wildman–Crippen MR) is 92.1 cm³/mol. The number of nitrogens with zero attached hydrogens (tertiary/aromatic N) is 6. The van der Waals surface area contributed by atoms with Gasteiger partial charge in [-0.3, -0.25) is 9.48 Å². The van der Waals surface area contributed by atoms with Gasteiger partial charge in [0, 0.05) is 26.1 Å². The fourth-order valence-electron chi connectivity index (χ4n) is 3.05. The van der Waals surface area contributed by atoms with Crippen LogP contribution in [0.2, 0.25) is 0 Å². The number of aryl methyl sites for hydroxylation is 1. The van der Waals surface area contributed by atoms with Crippen molar-refractivity contribution < 1.29 is 9.90 Å². The Balaban J connectivity index is 1.78. The summed E-state index contributed by atoms with van der Waals surface area (Å²) in [4.78, 5) is 14.5. The molecule has 25 heavy (non-hydrogen) atoms. The van der Waals surface area contributed by atoms with Gasteiger partial charge < -0.3 is 10.0 Å². The molecule has 1 aliphatic rings. The lowest BCUT2D eigenvalue weighted by molar-refractivity contribution is 0.0378. The number of carbonyl (C=O) groups excluding carboxylic acids is 1. The van der Waals surface area contributed by atoms with Crippen molar-refractivity contribution in [1.29, 1.82) is 0 Å². The van der Waals surface area contributed by atoms with E-state index in [1.807, 2.05) is 33.8 Å². The summed E-state index contributed by atoms with van der Waals surface area (Å²) in [6.45, 7) is 8.78. The summed E-state index contributed by atoms with van der Waals surface area (Å²) in [5.74, 6) is 0.142. The number of β-amino-alcohol motifs (C(OH)–C–C–N with tert-alkyl or cyclic N) is 1. The van der Waals surface area contributed by atoms with Crippen LogP contribution in [-0.2, 0) is 12.6 Å². The first-order valence-corrected chi connectivity index (χ1v) is 8.69. The molecule has 0 aliphatic carbocycles. The molecule has 0 radical (unpaired) electrons. The second-order valence-corrected chi connectivity index (χ2v) is 7.42. The summed E-state index contributed by atoms with van der Waals surface area (Å²) in [6, 6.07) is 2.01. The molecule has 1 atom stereocenters. The van der Waals surface area contributed by atoms with Crippen molar-refractivity contribution in [2.45, 2.75) is 51.7 Å². The van der Waals surface area contributed by atoms with E-state index in [2.05, 4.69) is 15.4 Å². The SMILES string of the molecule is CC(C)c1cc(C(=O)N2CC[C@](O)(c3cn(C(C)C)nn3)C2)n(C)n1. The molecule has 1 amide bonds. The highest BCUT2D eigenvalue weighted by Crippen LogP contribution is 2.31. The zero-order chi connectivity index (χ0) is 18.4. The molecule has 2 aromatic heterocycles. The second-order valence-electron chi connectivity index (χ2n) is 7.42. The number of aromatic nitrogens is 5. The summed E-state index contributed by atoms with van der Waals surface area (Å²) in [5.41, 5.74) is 0.797. The molecule has 0 unspecified atom stereocenters. The lowest BCUT2D eigenvalue weighted by Gasteiger charge is -2.21. The van der Waals surface area contributed by atoms with Gasteiger partial charge in [0.1, 0.15) is 17.0 Å². The topological polar surface area (TPSA) is 89.1 Å². The number of hydrogen-bond acceptors (Lipinski definition) is 5. The van der Waals surface area contributed by atoms with E-state index in [9.17, 15) is 9.90 Å². The van der Waals surface area contributed by atoms with Crippen molar-refractivity contribution in [3.05, 3.63) is 29.3 Å². The van der Waals surface area contributed by atoms with Gasteiger partial charge in [-0.25, -0.2) is 4.68 Å². The summed E-state index contributed by atoms with van der Waals surface area (Å²) < 4.78 is 3.33. The molecule has 8 nitrogen and oxygen atoms in total. The molecule has 0 bridgehead atoms. The van der Waals surface area contributed by atoms with Gasteiger partial charge >= 0.3 is 0 Å². The maximum atomic E-state index is 12.8. The normalized spacial score (nSPS) is 20.9. The average Bonchev–Trinajstić information content (AvgIpc) is 3.24. The Kier molecular flexibility index (Phi) is 4.40. The van der Waals surface area contributed by atoms with E-state index < -0.39 is 5.60 Å². The Morgan fingerprint density at radius 2 is 2.04 bits per heavy atom. The van der Waals surface area contributed by atoms with E-state index in [1.165, 1.54) is 0 Å². The molecule has 3 heterocycles. The molecule has 1 saturated heterocycles. The van der Waals surface area contributed by atoms with Crippen LogP contribution < -0.4 is 0 Å². The largest absolute Gasteiger partial charge is 0.381 e. The Morgan fingerprint density at radius 1 is 1.32 bits per heavy atom. The van der Waals surface area contributed by atoms with Gasteiger partial charge in [-0.05, 0) is 25.8 Å². The maximum absolute atomic E-state index is 12.8. The van der Waals surface area contributed by atoms with Gasteiger partial charge in [0.2, 0.25) is 0 Å². The van der Waals surface area contributed by atoms with Crippen molar-refractivity contribution in [3.8, 4) is 0 Å². The number of aliphatic hydroxyl groups is 1. The molecule has 1 aliphatic heterocycles. The van der Waals surface area contributed by atoms with E-state index in [-0.39, 0.29) is 24.4 Å². The fraction of sp³-hybridized carbons (Fsp3) is 0.647. The Morgan fingerprint density at radius 3 is 2.60 bits per heavy atom. The van der Waals surface area contributed by atoms with Crippen LogP contribution >= 0.6 is 0 Å². The summed E-state index contributed by atoms with van der Waals surface area (Å²) >= 11 is 0. The third-order valence-corrected chi connectivity index (χ3v) is 4.76. The van der Waals surface area contributed by atoms with Gasteiger partial charge in [-0.2, -0.15) is 5.10 Å². The summed E-state index contributed by atoms with van der Waals surface area (Å²) in [7, 11) is 1.77. The van der Waals surface area contributed by atoms with Crippen LogP contribution in [0.15, 0.2) is 12.3 Å². The number of rotatable bonds is 4. The zero-order valence-corrected chi connectivity index (χ0v) is 15.5. The van der Waals surface area contributed by atoms with E-state index in [0.29, 0.717) is 24.4 Å². The summed E-state index contributed by atoms with van der Waals surface area (Å²) in [6.07, 6.45) is 2.21. The third kappa shape index (κ3) is 3.18. The molecular weight excluding hydrogens is 320 g/mol. The van der Waals surface area contributed by atoms with Crippen molar-refractivity contribution >= 4 is 5.91 Å². The molecule has 0 saturated carbocycles. The van der Waals surface area contributed by atoms with Gasteiger partial charge in [-0.15, -0.1) is 5.10 Å². The van der Waals surface area contributed by atoms with E-state index in [0.717, 1.165) is 5.69 Å². The molecule has 2 aromatic rings. The molecule has 1 N–H and O–H groups in total. The quantitative estimate of drug-likeness (QED) is 0.905. The predicted octanol–water partition coefficient (Wildman–Crippen LogP) is 1.45. The van der Waals surface area contributed by atoms with E-state index in [1.54, 1.807) is 27.5 Å². The highest BCUT2D eigenvalue weighted by molar-refractivity contribution is 5.93. The Bertz CT molecular complexity index is 778. The highest BCUT2D eigenvalue weighted by atomic mass is 16.3. The molecule has 3 rings (SSSR count). The Labute approximate surface area is 147 Å². The van der Waals surface area contributed by atoms with Crippen molar-refractivity contribution in [2.24, 2.45) is 7.05 Å². The standard InChI is InChI=1S/C17H26N6O2/c1-11(2)13-8-14(21(5)19-13)16(24)22-7-6-17(25,10-22)15-9-23(12(3)4)20-18-15/h8-9,11-12,25H,6-7,10H2,1-5H3/t17-/m1/s1. The number of likely N-dealkylation sites (tertiary alicyclic amines) is 1. The Hall–Kier alpha value is -2.22. The van der Waals surface area contributed by atoms with Crippen LogP contribution in [0.3, 0.4) is 0 Å². The van der Waals surface area contributed by atoms with Gasteiger partial charge in [-0.1, -0.05) is 19.1 Å². The van der Waals surface area contributed by atoms with Crippen molar-refractivity contribution in [3.63, 3.8) is 0 Å². The van der Waals surface area contributed by atoms with Crippen LogP contribution in [0.1, 0.15) is 68.0 Å². The maximum Gasteiger partial charge on any atom is 0.272 e. The molecule has 136 valence electrons. The molecule has 0 aromatic carbocycles. The molecular formula is C17H26N6O2. The smallest absolute Gasteiger partial charge is 0.272 e. The molecule has 1 fully saturated rings. The van der Waals surface area contributed by atoms with Crippen LogP contribution in [0.5, 0.6) is 0 Å².